The number of hydrogen-bond acceptors (Lipinski definition) is 5. The maximum atomic E-state index is 13.2. The van der Waals surface area contributed by atoms with E-state index in [-0.39, 0.29) is 5.75 Å². The van der Waals surface area contributed by atoms with Gasteiger partial charge in [0.15, 0.2) is 16.5 Å². The molecule has 0 saturated heterocycles. The number of benzene rings is 1. The highest BCUT2D eigenvalue weighted by molar-refractivity contribution is 8.10. The Hall–Kier alpha value is -2.22. The predicted molar refractivity (Wildman–Crippen MR) is 59.1 cm³/mol. The predicted octanol–water partition coefficient (Wildman–Crippen LogP) is 0.915. The number of carboxylic acid groups (broad SMARTS) is 1. The molecule has 0 saturated carbocycles. The van der Waals surface area contributed by atoms with Crippen LogP contribution in [0.4, 0.5) is 4.39 Å². The summed E-state index contributed by atoms with van der Waals surface area (Å²) in [6.45, 7) is 0. The number of aliphatic carboxylic acids is 1. The third-order valence-corrected chi connectivity index (χ3v) is 3.56. The minimum Gasteiger partial charge on any atom is -0.477 e. The third kappa shape index (κ3) is 1.97. The fourth-order valence-corrected chi connectivity index (χ4v) is 2.22. The first-order valence-corrected chi connectivity index (χ1v) is 6.10. The highest BCUT2D eigenvalue weighted by atomic mass is 32.2. The molecule has 1 aliphatic rings. The maximum absolute atomic E-state index is 13.2. The molecule has 8 heteroatoms. The normalized spacial score (nSPS) is 16.9. The zero-order valence-corrected chi connectivity index (χ0v) is 9.52. The summed E-state index contributed by atoms with van der Waals surface area (Å²) in [5, 5.41) is 7.78. The van der Waals surface area contributed by atoms with Gasteiger partial charge in [-0.2, -0.15) is 0 Å². The van der Waals surface area contributed by atoms with Crippen molar-refractivity contribution in [3.63, 3.8) is 0 Å². The van der Waals surface area contributed by atoms with Crippen molar-refractivity contribution in [3.05, 3.63) is 41.2 Å². The van der Waals surface area contributed by atoms with Gasteiger partial charge in [0, 0.05) is 0 Å². The van der Waals surface area contributed by atoms with Gasteiger partial charge in [-0.15, -0.1) is 0 Å². The molecule has 0 aromatic heterocycles. The Morgan fingerprint density at radius 1 is 1.33 bits per heavy atom. The van der Waals surface area contributed by atoms with Gasteiger partial charge in [0.1, 0.15) is 0 Å². The molecule has 0 atom stereocenters. The van der Waals surface area contributed by atoms with Crippen LogP contribution in [-0.4, -0.2) is 24.7 Å². The Kier molecular flexibility index (Phi) is 2.87. The maximum Gasteiger partial charge on any atom is 0.349 e. The summed E-state index contributed by atoms with van der Waals surface area (Å²) in [6.07, 6.45) is 0.647. The van der Waals surface area contributed by atoms with E-state index in [9.17, 15) is 17.6 Å². The van der Waals surface area contributed by atoms with Crippen LogP contribution in [0.15, 0.2) is 40.4 Å². The van der Waals surface area contributed by atoms with Crippen molar-refractivity contribution in [1.82, 2.24) is 0 Å². The van der Waals surface area contributed by atoms with Gasteiger partial charge < -0.3 is 9.84 Å². The molecule has 1 aliphatic heterocycles. The van der Waals surface area contributed by atoms with Crippen LogP contribution in [0, 0.1) is 5.82 Å². The molecule has 1 heterocycles. The number of nitrogens with zero attached hydrogens (tertiary/aromatic N) is 1. The van der Waals surface area contributed by atoms with E-state index in [1.165, 1.54) is 18.2 Å². The Morgan fingerprint density at radius 3 is 2.56 bits per heavy atom. The van der Waals surface area contributed by atoms with Gasteiger partial charge in [0.25, 0.3) is 9.84 Å². The van der Waals surface area contributed by atoms with Gasteiger partial charge in [0.05, 0.1) is 6.20 Å². The van der Waals surface area contributed by atoms with Crippen molar-refractivity contribution < 1.29 is 27.4 Å². The van der Waals surface area contributed by atoms with E-state index in [1.807, 2.05) is 0 Å². The monoisotopic (exact) mass is 271 g/mol. The zero-order chi connectivity index (χ0) is 13.3. The molecule has 1 aromatic carbocycles. The number of hydrogen-bond donors (Lipinski definition) is 1. The van der Waals surface area contributed by atoms with Crippen molar-refractivity contribution in [2.75, 3.05) is 0 Å². The van der Waals surface area contributed by atoms with Crippen molar-refractivity contribution >= 4 is 21.0 Å². The summed E-state index contributed by atoms with van der Waals surface area (Å²) in [6, 6.07) is 5.11. The first-order chi connectivity index (χ1) is 8.43. The second kappa shape index (κ2) is 4.22. The lowest BCUT2D eigenvalue weighted by Crippen LogP contribution is -2.22. The summed E-state index contributed by atoms with van der Waals surface area (Å²) in [5.74, 6) is -2.77. The quantitative estimate of drug-likeness (QED) is 0.863. The number of rotatable bonds is 2. The van der Waals surface area contributed by atoms with E-state index >= 15 is 0 Å². The Balaban J connectivity index is 2.30. The minimum atomic E-state index is -4.32. The van der Waals surface area contributed by atoms with Gasteiger partial charge in [-0.3, -0.25) is 0 Å². The van der Waals surface area contributed by atoms with Crippen LogP contribution < -0.4 is 4.74 Å². The molecule has 0 radical (unpaired) electrons. The SMILES string of the molecule is O=C(O)C1=CN=C(Oc2ccccc2F)S1(=O)=O. The van der Waals surface area contributed by atoms with Gasteiger partial charge in [-0.25, -0.2) is 22.6 Å². The molecule has 2 rings (SSSR count). The van der Waals surface area contributed by atoms with Crippen LogP contribution in [-0.2, 0) is 14.6 Å². The molecule has 0 fully saturated rings. The van der Waals surface area contributed by atoms with Gasteiger partial charge in [-0.1, -0.05) is 12.1 Å². The Bertz CT molecular complexity index is 677. The van der Waals surface area contributed by atoms with Crippen molar-refractivity contribution in [2.24, 2.45) is 4.99 Å². The lowest BCUT2D eigenvalue weighted by molar-refractivity contribution is -0.131. The van der Waals surface area contributed by atoms with Crippen LogP contribution in [0.2, 0.25) is 0 Å². The first-order valence-electron chi connectivity index (χ1n) is 4.61. The number of halogens is 1. The van der Waals surface area contributed by atoms with Crippen molar-refractivity contribution in [3.8, 4) is 5.75 Å². The summed E-state index contributed by atoms with van der Waals surface area (Å²) in [7, 11) is -4.32. The third-order valence-electron chi connectivity index (χ3n) is 2.05. The van der Waals surface area contributed by atoms with E-state index in [4.69, 9.17) is 9.84 Å². The number of carbonyl (C=O) groups is 1. The fraction of sp³-hybridized carbons (Fsp3) is 0. The standard InChI is InChI=1S/C10H6FNO5S/c11-6-3-1-2-4-7(6)17-10-12-5-8(9(13)14)18(10,15)16/h1-5H,(H,13,14). The lowest BCUT2D eigenvalue weighted by Gasteiger charge is -2.05. The summed E-state index contributed by atoms with van der Waals surface area (Å²) >= 11 is 0. The van der Waals surface area contributed by atoms with E-state index in [1.54, 1.807) is 0 Å². The number of ether oxygens (including phenoxy) is 1. The molecule has 0 spiro atoms. The molecule has 1 aromatic rings. The van der Waals surface area contributed by atoms with Gasteiger partial charge in [-0.05, 0) is 12.1 Å². The van der Waals surface area contributed by atoms with Crippen molar-refractivity contribution in [2.45, 2.75) is 0 Å². The molecule has 0 aliphatic carbocycles. The highest BCUT2D eigenvalue weighted by Gasteiger charge is 2.37. The molecule has 94 valence electrons. The molecule has 0 unspecified atom stereocenters. The molecule has 0 bridgehead atoms. The average Bonchev–Trinajstić information content (AvgIpc) is 2.57. The van der Waals surface area contributed by atoms with Crippen molar-refractivity contribution in [1.29, 1.82) is 0 Å². The summed E-state index contributed by atoms with van der Waals surface area (Å²) in [4.78, 5) is 13.0. The zero-order valence-electron chi connectivity index (χ0n) is 8.70. The fourth-order valence-electron chi connectivity index (χ4n) is 1.22. The second-order valence-corrected chi connectivity index (χ2v) is 5.03. The molecule has 1 N–H and O–H groups in total. The molecular weight excluding hydrogens is 265 g/mol. The minimum absolute atomic E-state index is 0.347. The van der Waals surface area contributed by atoms with E-state index in [0.29, 0.717) is 6.20 Å². The summed E-state index contributed by atoms with van der Waals surface area (Å²) < 4.78 is 41.3. The van der Waals surface area contributed by atoms with Crippen LogP contribution in [0.5, 0.6) is 5.75 Å². The van der Waals surface area contributed by atoms with Crippen LogP contribution >= 0.6 is 0 Å². The van der Waals surface area contributed by atoms with Gasteiger partial charge >= 0.3 is 11.2 Å². The number of carboxylic acids is 1. The molecule has 18 heavy (non-hydrogen) atoms. The first kappa shape index (κ1) is 12.2. The van der Waals surface area contributed by atoms with Gasteiger partial charge in [0.2, 0.25) is 0 Å². The van der Waals surface area contributed by atoms with Crippen LogP contribution in [0.3, 0.4) is 0 Å². The topological polar surface area (TPSA) is 93.0 Å². The van der Waals surface area contributed by atoms with E-state index in [2.05, 4.69) is 4.99 Å². The second-order valence-electron chi connectivity index (χ2n) is 3.23. The number of aliphatic imine (C=N–C) groups is 1. The molecule has 0 amide bonds. The van der Waals surface area contributed by atoms with E-state index in [0.717, 1.165) is 6.07 Å². The molecule has 6 nitrogen and oxygen atoms in total. The molecular formula is C10H6FNO5S. The summed E-state index contributed by atoms with van der Waals surface area (Å²) in [5.41, 5.74) is 0. The van der Waals surface area contributed by atoms with Crippen LogP contribution in [0.1, 0.15) is 0 Å². The van der Waals surface area contributed by atoms with Crippen LogP contribution in [0.25, 0.3) is 0 Å². The Morgan fingerprint density at radius 2 is 2.00 bits per heavy atom. The lowest BCUT2D eigenvalue weighted by atomic mass is 10.3. The highest BCUT2D eigenvalue weighted by Crippen LogP contribution is 2.22. The smallest absolute Gasteiger partial charge is 0.349 e. The van der Waals surface area contributed by atoms with E-state index < -0.39 is 31.8 Å². The number of para-hydroxylation sites is 1. The average molecular weight is 271 g/mol. The largest absolute Gasteiger partial charge is 0.477 e. The Labute approximate surface area is 101 Å². The number of sulfone groups is 1.